The van der Waals surface area contributed by atoms with Crippen LogP contribution in [-0.4, -0.2) is 49.5 Å². The summed E-state index contributed by atoms with van der Waals surface area (Å²) in [5.74, 6) is -0.242. The Balaban J connectivity index is 2.27. The van der Waals surface area contributed by atoms with E-state index in [2.05, 4.69) is 24.9 Å². The van der Waals surface area contributed by atoms with E-state index in [1.807, 2.05) is 46.1 Å². The van der Waals surface area contributed by atoms with Crippen LogP contribution in [0.15, 0.2) is 22.6 Å². The van der Waals surface area contributed by atoms with E-state index in [9.17, 15) is 15.0 Å². The highest BCUT2D eigenvalue weighted by molar-refractivity contribution is 8.01. The zero-order chi connectivity index (χ0) is 24.8. The van der Waals surface area contributed by atoms with Crippen molar-refractivity contribution in [1.82, 2.24) is 4.98 Å². The van der Waals surface area contributed by atoms with Gasteiger partial charge in [0.2, 0.25) is 0 Å². The molecule has 1 aliphatic rings. The number of esters is 1. The number of hydrogen-bond donors (Lipinski definition) is 2. The van der Waals surface area contributed by atoms with Crippen molar-refractivity contribution in [2.75, 3.05) is 0 Å². The number of carbonyl (C=O) groups excluding carboxylic acids is 1. The molecule has 0 spiro atoms. The minimum Gasteiger partial charge on any atom is -0.457 e. The summed E-state index contributed by atoms with van der Waals surface area (Å²) in [6, 6.07) is 0. The lowest BCUT2D eigenvalue weighted by Crippen LogP contribution is -2.40. The van der Waals surface area contributed by atoms with Gasteiger partial charge in [-0.25, -0.2) is 4.98 Å². The maximum Gasteiger partial charge on any atom is 0.309 e. The predicted octanol–water partition coefficient (Wildman–Crippen LogP) is 5.94. The number of carbonyl (C=O) groups is 1. The number of aromatic nitrogens is 1. The van der Waals surface area contributed by atoms with E-state index in [1.54, 1.807) is 11.3 Å². The van der Waals surface area contributed by atoms with Gasteiger partial charge in [0, 0.05) is 21.8 Å². The number of cyclic esters (lactones) is 1. The fourth-order valence-corrected chi connectivity index (χ4v) is 6.26. The van der Waals surface area contributed by atoms with E-state index in [0.717, 1.165) is 35.5 Å². The quantitative estimate of drug-likeness (QED) is 0.391. The van der Waals surface area contributed by atoms with Gasteiger partial charge in [-0.3, -0.25) is 4.79 Å². The van der Waals surface area contributed by atoms with Gasteiger partial charge in [-0.05, 0) is 71.4 Å². The number of aliphatic hydroxyl groups excluding tert-OH is 2. The summed E-state index contributed by atoms with van der Waals surface area (Å²) in [5, 5.41) is 24.6. The molecule has 0 aliphatic carbocycles. The predicted molar refractivity (Wildman–Crippen MR) is 140 cm³/mol. The van der Waals surface area contributed by atoms with Gasteiger partial charge in [-0.2, -0.15) is 0 Å². The molecule has 0 amide bonds. The van der Waals surface area contributed by atoms with Crippen LogP contribution in [0, 0.1) is 12.8 Å². The lowest BCUT2D eigenvalue weighted by Gasteiger charge is -2.35. The molecular weight excluding hydrogens is 454 g/mol. The molecule has 0 bridgehead atoms. The normalized spacial score (nSPS) is 32.6. The van der Waals surface area contributed by atoms with Crippen molar-refractivity contribution in [2.45, 2.75) is 109 Å². The molecule has 33 heavy (non-hydrogen) atoms. The highest BCUT2D eigenvalue weighted by Crippen LogP contribution is 2.37. The van der Waals surface area contributed by atoms with Crippen LogP contribution >= 0.6 is 23.1 Å². The maximum atomic E-state index is 12.8. The Morgan fingerprint density at radius 3 is 2.61 bits per heavy atom. The standard InChI is InChI=1S/C26H41NO4S2/c1-16-9-8-10-17(2)25(30)19(4)33-26(6,7)23(28)14-24(29)31-22(12-11-16)18(3)13-21-15-32-20(5)27-21/h11,13,15,17,19,22-23,25,28,30H,8-10,12,14H2,1-7H3/b16-11+,18-13+/t17-,19?,22-,23?,25?/m0/s1. The molecule has 0 saturated heterocycles. The van der Waals surface area contributed by atoms with E-state index in [1.165, 1.54) is 17.3 Å². The van der Waals surface area contributed by atoms with Gasteiger partial charge in [0.05, 0.1) is 29.3 Å². The third-order valence-corrected chi connectivity index (χ3v) is 8.74. The molecule has 2 rings (SSSR count). The molecule has 0 aromatic carbocycles. The van der Waals surface area contributed by atoms with Gasteiger partial charge < -0.3 is 14.9 Å². The van der Waals surface area contributed by atoms with Gasteiger partial charge in [0.25, 0.3) is 0 Å². The van der Waals surface area contributed by atoms with Crippen LogP contribution in [0.25, 0.3) is 6.08 Å². The van der Waals surface area contributed by atoms with Crippen LogP contribution in [0.1, 0.15) is 84.3 Å². The minimum absolute atomic E-state index is 0.0512. The number of thioether (sulfide) groups is 1. The third-order valence-electron chi connectivity index (χ3n) is 6.42. The zero-order valence-corrected chi connectivity index (χ0v) is 22.8. The molecule has 2 heterocycles. The Morgan fingerprint density at radius 2 is 1.97 bits per heavy atom. The number of rotatable bonds is 2. The maximum absolute atomic E-state index is 12.8. The zero-order valence-electron chi connectivity index (χ0n) is 21.1. The second-order valence-corrected chi connectivity index (χ2v) is 13.0. The molecule has 3 unspecified atom stereocenters. The topological polar surface area (TPSA) is 79.7 Å². The van der Waals surface area contributed by atoms with Crippen LogP contribution in [0.5, 0.6) is 0 Å². The van der Waals surface area contributed by atoms with E-state index in [4.69, 9.17) is 4.74 Å². The Hall–Kier alpha value is -1.15. The van der Waals surface area contributed by atoms with Crippen molar-refractivity contribution < 1.29 is 19.7 Å². The number of aliphatic hydroxyl groups is 2. The van der Waals surface area contributed by atoms with Crippen molar-refractivity contribution >= 4 is 35.1 Å². The lowest BCUT2D eigenvalue weighted by molar-refractivity contribution is -0.149. The van der Waals surface area contributed by atoms with Crippen molar-refractivity contribution in [2.24, 2.45) is 5.92 Å². The van der Waals surface area contributed by atoms with Crippen LogP contribution in [-0.2, 0) is 9.53 Å². The van der Waals surface area contributed by atoms with Crippen molar-refractivity contribution in [3.8, 4) is 0 Å². The molecule has 5 nitrogen and oxygen atoms in total. The second-order valence-electron chi connectivity index (χ2n) is 9.95. The third kappa shape index (κ3) is 8.85. The van der Waals surface area contributed by atoms with Gasteiger partial charge in [0.1, 0.15) is 6.10 Å². The van der Waals surface area contributed by atoms with E-state index >= 15 is 0 Å². The van der Waals surface area contributed by atoms with Crippen LogP contribution in [0.4, 0.5) is 0 Å². The summed E-state index contributed by atoms with van der Waals surface area (Å²) in [6.07, 6.45) is 5.79. The molecule has 186 valence electrons. The first kappa shape index (κ1) is 28.1. The first-order chi connectivity index (χ1) is 15.4. The molecular formula is C26H41NO4S2. The average Bonchev–Trinajstić information content (AvgIpc) is 3.13. The van der Waals surface area contributed by atoms with E-state index in [0.29, 0.717) is 6.42 Å². The molecule has 0 radical (unpaired) electrons. The molecule has 7 heteroatoms. The molecule has 1 aromatic heterocycles. The van der Waals surface area contributed by atoms with Gasteiger partial charge >= 0.3 is 5.97 Å². The van der Waals surface area contributed by atoms with Crippen LogP contribution in [0.3, 0.4) is 0 Å². The number of ether oxygens (including phenoxy) is 1. The van der Waals surface area contributed by atoms with Crippen LogP contribution < -0.4 is 0 Å². The monoisotopic (exact) mass is 495 g/mol. The Kier molecular flexibility index (Phi) is 10.7. The molecule has 5 atom stereocenters. The lowest BCUT2D eigenvalue weighted by atomic mass is 9.94. The second kappa shape index (κ2) is 12.5. The molecule has 0 fully saturated rings. The summed E-state index contributed by atoms with van der Waals surface area (Å²) in [7, 11) is 0. The molecule has 2 N–H and O–H groups in total. The largest absolute Gasteiger partial charge is 0.457 e. The summed E-state index contributed by atoms with van der Waals surface area (Å²) in [6.45, 7) is 14.0. The fraction of sp³-hybridized carbons (Fsp3) is 0.692. The summed E-state index contributed by atoms with van der Waals surface area (Å²) >= 11 is 3.13. The summed E-state index contributed by atoms with van der Waals surface area (Å²) in [5.41, 5.74) is 3.07. The SMILES string of the molecule is C/C1=C\C[C@@H](/C(C)=C/c2csc(C)n2)OC(=O)CC(O)C(C)(C)SC(C)C(O)[C@@H](C)CCC1. The molecule has 1 aliphatic heterocycles. The minimum atomic E-state index is -0.878. The Bertz CT molecular complexity index is 845. The van der Waals surface area contributed by atoms with Crippen molar-refractivity contribution in [1.29, 1.82) is 0 Å². The van der Waals surface area contributed by atoms with E-state index in [-0.39, 0.29) is 17.6 Å². The number of allylic oxidation sites excluding steroid dienone is 1. The smallest absolute Gasteiger partial charge is 0.309 e. The fourth-order valence-electron chi connectivity index (χ4n) is 4.08. The van der Waals surface area contributed by atoms with Crippen molar-refractivity contribution in [3.05, 3.63) is 33.3 Å². The summed E-state index contributed by atoms with van der Waals surface area (Å²) < 4.78 is 5.28. The summed E-state index contributed by atoms with van der Waals surface area (Å²) in [4.78, 5) is 17.3. The van der Waals surface area contributed by atoms with Crippen LogP contribution in [0.2, 0.25) is 0 Å². The number of aryl methyl sites for hydroxylation is 1. The molecule has 1 aromatic rings. The van der Waals surface area contributed by atoms with Crippen molar-refractivity contribution in [3.63, 3.8) is 0 Å². The number of thiazole rings is 1. The number of hydrogen-bond acceptors (Lipinski definition) is 7. The first-order valence-electron chi connectivity index (χ1n) is 11.9. The number of nitrogens with zero attached hydrogens (tertiary/aromatic N) is 1. The first-order valence-corrected chi connectivity index (χ1v) is 13.6. The Labute approximate surface area is 207 Å². The van der Waals surface area contributed by atoms with Gasteiger partial charge in [-0.1, -0.05) is 25.5 Å². The Morgan fingerprint density at radius 1 is 1.27 bits per heavy atom. The van der Waals surface area contributed by atoms with Gasteiger partial charge in [0.15, 0.2) is 0 Å². The van der Waals surface area contributed by atoms with E-state index < -0.39 is 29.0 Å². The molecule has 0 saturated carbocycles. The van der Waals surface area contributed by atoms with Gasteiger partial charge in [-0.15, -0.1) is 23.1 Å². The highest BCUT2D eigenvalue weighted by atomic mass is 32.2. The average molecular weight is 496 g/mol. The highest BCUT2D eigenvalue weighted by Gasteiger charge is 2.35.